The molecule has 0 atom stereocenters. The normalized spacial score (nSPS) is 20.3. The molecule has 2 amide bonds. The molecule has 0 radical (unpaired) electrons. The quantitative estimate of drug-likeness (QED) is 0.828. The third kappa shape index (κ3) is 3.64. The first-order valence-corrected chi connectivity index (χ1v) is 9.66. The molecule has 0 bridgehead atoms. The molecule has 2 fully saturated rings. The summed E-state index contributed by atoms with van der Waals surface area (Å²) in [6, 6.07) is 5.70. The second-order valence-corrected chi connectivity index (χ2v) is 7.34. The lowest BCUT2D eigenvalue weighted by molar-refractivity contribution is -0.138. The first kappa shape index (κ1) is 17.2. The molecule has 2 aliphatic heterocycles. The zero-order chi connectivity index (χ0) is 17.9. The van der Waals surface area contributed by atoms with E-state index in [1.54, 1.807) is 0 Å². The minimum atomic E-state index is 0.111. The summed E-state index contributed by atoms with van der Waals surface area (Å²) in [5.74, 6) is 2.09. The Hall–Kier alpha value is -2.24. The lowest BCUT2D eigenvalue weighted by Crippen LogP contribution is -2.41. The molecule has 26 heavy (non-hydrogen) atoms. The van der Waals surface area contributed by atoms with Crippen molar-refractivity contribution in [1.82, 2.24) is 9.80 Å². The summed E-state index contributed by atoms with van der Waals surface area (Å²) in [6.07, 6.45) is 4.44. The Kier molecular flexibility index (Phi) is 5.00. The summed E-state index contributed by atoms with van der Waals surface area (Å²) < 4.78 is 11.1. The molecule has 6 nitrogen and oxygen atoms in total. The smallest absolute Gasteiger partial charge is 0.227 e. The van der Waals surface area contributed by atoms with Crippen molar-refractivity contribution < 1.29 is 19.1 Å². The highest BCUT2D eigenvalue weighted by Gasteiger charge is 2.30. The van der Waals surface area contributed by atoms with Crippen molar-refractivity contribution in [2.45, 2.75) is 32.1 Å². The minimum absolute atomic E-state index is 0.111. The summed E-state index contributed by atoms with van der Waals surface area (Å²) in [5, 5.41) is 0. The fourth-order valence-corrected chi connectivity index (χ4v) is 3.78. The van der Waals surface area contributed by atoms with Gasteiger partial charge in [-0.15, -0.1) is 0 Å². The van der Waals surface area contributed by atoms with Crippen LogP contribution < -0.4 is 9.47 Å². The Balaban J connectivity index is 1.34. The Morgan fingerprint density at radius 1 is 0.923 bits per heavy atom. The zero-order valence-electron chi connectivity index (χ0n) is 15.1. The van der Waals surface area contributed by atoms with Gasteiger partial charge in [0.2, 0.25) is 11.8 Å². The molecular weight excluding hydrogens is 332 g/mol. The minimum Gasteiger partial charge on any atom is -0.486 e. The van der Waals surface area contributed by atoms with E-state index < -0.39 is 0 Å². The molecule has 140 valence electrons. The molecule has 2 heterocycles. The standard InChI is InChI=1S/C20H26N2O4/c23-19(14-15-5-6-17-18(13-15)26-12-11-25-17)21-7-2-8-22(10-9-21)20(24)16-3-1-4-16/h5-6,13,16H,1-4,7-12,14H2. The Morgan fingerprint density at radius 2 is 1.65 bits per heavy atom. The van der Waals surface area contributed by atoms with Crippen LogP contribution in [0, 0.1) is 5.92 Å². The van der Waals surface area contributed by atoms with Crippen LogP contribution in [0.4, 0.5) is 0 Å². The van der Waals surface area contributed by atoms with Crippen LogP contribution in [0.2, 0.25) is 0 Å². The molecule has 4 rings (SSSR count). The fourth-order valence-electron chi connectivity index (χ4n) is 3.78. The predicted octanol–water partition coefficient (Wildman–Crippen LogP) is 1.86. The van der Waals surface area contributed by atoms with Crippen LogP contribution >= 0.6 is 0 Å². The molecule has 0 unspecified atom stereocenters. The summed E-state index contributed by atoms with van der Waals surface area (Å²) in [5.41, 5.74) is 0.936. The number of carbonyl (C=O) groups is 2. The molecule has 1 saturated carbocycles. The van der Waals surface area contributed by atoms with E-state index in [-0.39, 0.29) is 17.7 Å². The molecule has 0 aromatic heterocycles. The van der Waals surface area contributed by atoms with Crippen LogP contribution in [0.15, 0.2) is 18.2 Å². The van der Waals surface area contributed by atoms with Crippen LogP contribution in [0.1, 0.15) is 31.2 Å². The summed E-state index contributed by atoms with van der Waals surface area (Å²) in [4.78, 5) is 29.0. The highest BCUT2D eigenvalue weighted by Crippen LogP contribution is 2.31. The van der Waals surface area contributed by atoms with Gasteiger partial charge in [0, 0.05) is 32.1 Å². The zero-order valence-corrected chi connectivity index (χ0v) is 15.1. The largest absolute Gasteiger partial charge is 0.486 e. The van der Waals surface area contributed by atoms with Crippen molar-refractivity contribution in [3.05, 3.63) is 23.8 Å². The van der Waals surface area contributed by atoms with Crippen LogP contribution in [0.3, 0.4) is 0 Å². The van der Waals surface area contributed by atoms with Gasteiger partial charge in [-0.3, -0.25) is 9.59 Å². The average molecular weight is 358 g/mol. The topological polar surface area (TPSA) is 59.1 Å². The SMILES string of the molecule is O=C(Cc1ccc2c(c1)OCCO2)N1CCCN(C(=O)C2CCC2)CC1. The lowest BCUT2D eigenvalue weighted by Gasteiger charge is -2.31. The second kappa shape index (κ2) is 7.56. The van der Waals surface area contributed by atoms with Gasteiger partial charge in [0.05, 0.1) is 6.42 Å². The number of carbonyl (C=O) groups excluding carboxylic acids is 2. The van der Waals surface area contributed by atoms with Gasteiger partial charge in [0.1, 0.15) is 13.2 Å². The Bertz CT molecular complexity index is 686. The van der Waals surface area contributed by atoms with Gasteiger partial charge >= 0.3 is 0 Å². The van der Waals surface area contributed by atoms with Gasteiger partial charge in [-0.25, -0.2) is 0 Å². The van der Waals surface area contributed by atoms with Crippen molar-refractivity contribution >= 4 is 11.8 Å². The second-order valence-electron chi connectivity index (χ2n) is 7.34. The van der Waals surface area contributed by atoms with Crippen molar-refractivity contribution in [1.29, 1.82) is 0 Å². The molecule has 3 aliphatic rings. The van der Waals surface area contributed by atoms with Gasteiger partial charge in [0.15, 0.2) is 11.5 Å². The number of hydrogen-bond acceptors (Lipinski definition) is 4. The van der Waals surface area contributed by atoms with Crippen molar-refractivity contribution in [2.24, 2.45) is 5.92 Å². The summed E-state index contributed by atoms with van der Waals surface area (Å²) in [6.45, 7) is 3.88. The number of rotatable bonds is 3. The van der Waals surface area contributed by atoms with Crippen molar-refractivity contribution in [2.75, 3.05) is 39.4 Å². The van der Waals surface area contributed by atoms with Crippen LogP contribution in [-0.2, 0) is 16.0 Å². The van der Waals surface area contributed by atoms with Gasteiger partial charge in [0.25, 0.3) is 0 Å². The molecular formula is C20H26N2O4. The molecule has 1 saturated heterocycles. The Morgan fingerprint density at radius 3 is 2.42 bits per heavy atom. The number of fused-ring (bicyclic) bond motifs is 1. The number of hydrogen-bond donors (Lipinski definition) is 0. The first-order valence-electron chi connectivity index (χ1n) is 9.66. The predicted molar refractivity (Wildman–Crippen MR) is 96.3 cm³/mol. The average Bonchev–Trinajstić information content (AvgIpc) is 2.86. The van der Waals surface area contributed by atoms with Gasteiger partial charge in [-0.2, -0.15) is 0 Å². The van der Waals surface area contributed by atoms with Gasteiger partial charge < -0.3 is 19.3 Å². The molecule has 1 aromatic carbocycles. The van der Waals surface area contributed by atoms with Crippen LogP contribution in [0.5, 0.6) is 11.5 Å². The molecule has 6 heteroatoms. The maximum absolute atomic E-state index is 12.7. The highest BCUT2D eigenvalue weighted by molar-refractivity contribution is 5.81. The molecule has 0 spiro atoms. The van der Waals surface area contributed by atoms with E-state index in [4.69, 9.17) is 9.47 Å². The van der Waals surface area contributed by atoms with Gasteiger partial charge in [-0.05, 0) is 37.0 Å². The monoisotopic (exact) mass is 358 g/mol. The fraction of sp³-hybridized carbons (Fsp3) is 0.600. The lowest BCUT2D eigenvalue weighted by atomic mass is 9.84. The molecule has 0 N–H and O–H groups in total. The summed E-state index contributed by atoms with van der Waals surface area (Å²) in [7, 11) is 0. The first-order chi connectivity index (χ1) is 12.7. The Labute approximate surface area is 154 Å². The number of benzene rings is 1. The van der Waals surface area contributed by atoms with Crippen molar-refractivity contribution in [3.8, 4) is 11.5 Å². The molecule has 1 aliphatic carbocycles. The molecule has 1 aromatic rings. The third-order valence-electron chi connectivity index (χ3n) is 5.58. The van der Waals surface area contributed by atoms with Crippen molar-refractivity contribution in [3.63, 3.8) is 0 Å². The number of amides is 2. The van der Waals surface area contributed by atoms with E-state index in [9.17, 15) is 9.59 Å². The van der Waals surface area contributed by atoms with E-state index in [0.29, 0.717) is 32.7 Å². The van der Waals surface area contributed by atoms with E-state index in [1.165, 1.54) is 6.42 Å². The number of ether oxygens (including phenoxy) is 2. The third-order valence-corrected chi connectivity index (χ3v) is 5.58. The maximum Gasteiger partial charge on any atom is 0.227 e. The van der Waals surface area contributed by atoms with E-state index >= 15 is 0 Å². The highest BCUT2D eigenvalue weighted by atomic mass is 16.6. The van der Waals surface area contributed by atoms with Gasteiger partial charge in [-0.1, -0.05) is 12.5 Å². The van der Waals surface area contributed by atoms with Crippen LogP contribution in [-0.4, -0.2) is 61.0 Å². The maximum atomic E-state index is 12.7. The van der Waals surface area contributed by atoms with E-state index in [0.717, 1.165) is 49.4 Å². The van der Waals surface area contributed by atoms with E-state index in [1.807, 2.05) is 28.0 Å². The van der Waals surface area contributed by atoms with Crippen LogP contribution in [0.25, 0.3) is 0 Å². The summed E-state index contributed by atoms with van der Waals surface area (Å²) >= 11 is 0. The van der Waals surface area contributed by atoms with E-state index in [2.05, 4.69) is 0 Å². The number of nitrogens with zero attached hydrogens (tertiary/aromatic N) is 2.